The highest BCUT2D eigenvalue weighted by Gasteiger charge is 2.13. The van der Waals surface area contributed by atoms with E-state index in [9.17, 15) is 9.59 Å². The summed E-state index contributed by atoms with van der Waals surface area (Å²) in [7, 11) is 0. The van der Waals surface area contributed by atoms with E-state index in [2.05, 4.69) is 10.2 Å². The van der Waals surface area contributed by atoms with Crippen molar-refractivity contribution in [3.8, 4) is 5.69 Å². The largest absolute Gasteiger partial charge is 0.481 e. The van der Waals surface area contributed by atoms with Crippen LogP contribution in [0.3, 0.4) is 0 Å². The Hall–Kier alpha value is -2.35. The highest BCUT2D eigenvalue weighted by molar-refractivity contribution is 7.99. The van der Waals surface area contributed by atoms with E-state index >= 15 is 0 Å². The number of benzene rings is 1. The number of carboxylic acids is 1. The Morgan fingerprint density at radius 2 is 2.15 bits per heavy atom. The molecule has 0 aliphatic carbocycles. The average molecular weight is 292 g/mol. The lowest BCUT2D eigenvalue weighted by molar-refractivity contribution is -0.133. The minimum absolute atomic E-state index is 0.117. The maximum Gasteiger partial charge on any atom is 0.313 e. The van der Waals surface area contributed by atoms with E-state index in [0.29, 0.717) is 22.2 Å². The van der Waals surface area contributed by atoms with Gasteiger partial charge in [-0.15, -0.1) is 10.2 Å². The Bertz CT molecular complexity index is 668. The van der Waals surface area contributed by atoms with E-state index < -0.39 is 11.9 Å². The smallest absolute Gasteiger partial charge is 0.313 e. The van der Waals surface area contributed by atoms with Crippen molar-refractivity contribution < 1.29 is 14.7 Å². The van der Waals surface area contributed by atoms with Crippen LogP contribution in [0.5, 0.6) is 0 Å². The van der Waals surface area contributed by atoms with Crippen molar-refractivity contribution in [2.75, 3.05) is 5.75 Å². The molecule has 1 aromatic heterocycles. The predicted octanol–water partition coefficient (Wildman–Crippen LogP) is 0.851. The molecule has 3 N–H and O–H groups in total. The van der Waals surface area contributed by atoms with Crippen LogP contribution >= 0.6 is 11.8 Å². The third-order valence-corrected chi connectivity index (χ3v) is 3.42. The van der Waals surface area contributed by atoms with Crippen molar-refractivity contribution in [3.05, 3.63) is 35.7 Å². The van der Waals surface area contributed by atoms with E-state index in [-0.39, 0.29) is 5.75 Å². The minimum Gasteiger partial charge on any atom is -0.481 e. The molecule has 20 heavy (non-hydrogen) atoms. The number of carbonyl (C=O) groups excluding carboxylic acids is 1. The molecule has 0 saturated carbocycles. The second-order valence-electron chi connectivity index (χ2n) is 3.96. The normalized spacial score (nSPS) is 10.4. The summed E-state index contributed by atoms with van der Waals surface area (Å²) in [6.45, 7) is 1.74. The zero-order valence-electron chi connectivity index (χ0n) is 10.6. The number of aromatic nitrogens is 3. The van der Waals surface area contributed by atoms with Crippen molar-refractivity contribution in [1.29, 1.82) is 0 Å². The summed E-state index contributed by atoms with van der Waals surface area (Å²) in [6.07, 6.45) is 0. The van der Waals surface area contributed by atoms with Crippen LogP contribution in [0, 0.1) is 6.92 Å². The summed E-state index contributed by atoms with van der Waals surface area (Å²) < 4.78 is 1.68. The number of hydrogen-bond donors (Lipinski definition) is 2. The quantitative estimate of drug-likeness (QED) is 0.790. The Morgan fingerprint density at radius 1 is 1.40 bits per heavy atom. The van der Waals surface area contributed by atoms with Crippen molar-refractivity contribution in [2.24, 2.45) is 5.73 Å². The Balaban J connectivity index is 2.41. The minimum atomic E-state index is -0.937. The number of aliphatic carboxylic acids is 1. The monoisotopic (exact) mass is 292 g/mol. The number of nitrogens with zero attached hydrogens (tertiary/aromatic N) is 3. The lowest BCUT2D eigenvalue weighted by atomic mass is 10.2. The van der Waals surface area contributed by atoms with E-state index in [0.717, 1.165) is 11.8 Å². The van der Waals surface area contributed by atoms with Gasteiger partial charge >= 0.3 is 5.97 Å². The zero-order valence-corrected chi connectivity index (χ0v) is 11.4. The van der Waals surface area contributed by atoms with Gasteiger partial charge in [-0.2, -0.15) is 0 Å². The van der Waals surface area contributed by atoms with Gasteiger partial charge in [-0.1, -0.05) is 17.8 Å². The molecule has 0 atom stereocenters. The Morgan fingerprint density at radius 3 is 2.80 bits per heavy atom. The van der Waals surface area contributed by atoms with Crippen LogP contribution in [0.1, 0.15) is 16.2 Å². The number of primary amides is 1. The highest BCUT2D eigenvalue weighted by Crippen LogP contribution is 2.22. The molecule has 0 spiro atoms. The third kappa shape index (κ3) is 2.97. The number of hydrogen-bond acceptors (Lipinski definition) is 5. The van der Waals surface area contributed by atoms with Gasteiger partial charge in [0.2, 0.25) is 5.91 Å². The van der Waals surface area contributed by atoms with E-state index in [1.807, 2.05) is 0 Å². The molecule has 0 bridgehead atoms. The molecule has 1 heterocycles. The molecule has 0 unspecified atom stereocenters. The highest BCUT2D eigenvalue weighted by atomic mass is 32.2. The summed E-state index contributed by atoms with van der Waals surface area (Å²) in [6, 6.07) is 6.69. The first kappa shape index (κ1) is 14.1. The number of nitrogens with two attached hydrogens (primary N) is 1. The molecule has 0 aliphatic heterocycles. The molecule has 0 fully saturated rings. The van der Waals surface area contributed by atoms with Gasteiger partial charge in [0.15, 0.2) is 5.16 Å². The number of carbonyl (C=O) groups is 2. The lowest BCUT2D eigenvalue weighted by Gasteiger charge is -2.08. The molecule has 0 saturated heterocycles. The van der Waals surface area contributed by atoms with Crippen LogP contribution in [0.25, 0.3) is 5.69 Å². The maximum atomic E-state index is 11.2. The summed E-state index contributed by atoms with van der Waals surface area (Å²) in [5.74, 6) is -0.988. The molecule has 2 rings (SSSR count). The van der Waals surface area contributed by atoms with Gasteiger partial charge in [-0.25, -0.2) is 0 Å². The fourth-order valence-electron chi connectivity index (χ4n) is 1.66. The number of thioether (sulfide) groups is 1. The van der Waals surface area contributed by atoms with Gasteiger partial charge in [-0.3, -0.25) is 14.2 Å². The number of rotatable bonds is 5. The predicted molar refractivity (Wildman–Crippen MR) is 73.0 cm³/mol. The molecule has 1 amide bonds. The van der Waals surface area contributed by atoms with Gasteiger partial charge in [0.25, 0.3) is 0 Å². The van der Waals surface area contributed by atoms with Crippen molar-refractivity contribution in [1.82, 2.24) is 14.8 Å². The first-order valence-corrected chi connectivity index (χ1v) is 6.64. The fraction of sp³-hybridized carbons (Fsp3) is 0.167. The number of aryl methyl sites for hydroxylation is 1. The first-order chi connectivity index (χ1) is 9.49. The SMILES string of the molecule is Cc1nnc(SCC(=O)O)n1-c1cccc(C(N)=O)c1. The third-order valence-electron chi connectivity index (χ3n) is 2.51. The Labute approximate surface area is 118 Å². The fourth-order valence-corrected chi connectivity index (χ4v) is 2.38. The van der Waals surface area contributed by atoms with E-state index in [4.69, 9.17) is 10.8 Å². The van der Waals surface area contributed by atoms with E-state index in [1.54, 1.807) is 35.8 Å². The van der Waals surface area contributed by atoms with Crippen LogP contribution in [0.15, 0.2) is 29.4 Å². The summed E-state index contributed by atoms with van der Waals surface area (Å²) >= 11 is 1.06. The zero-order chi connectivity index (χ0) is 14.7. The molecular weight excluding hydrogens is 280 g/mol. The Kier molecular flexibility index (Phi) is 4.04. The van der Waals surface area contributed by atoms with Gasteiger partial charge < -0.3 is 10.8 Å². The van der Waals surface area contributed by atoms with Gasteiger partial charge in [0.1, 0.15) is 5.82 Å². The second kappa shape index (κ2) is 5.74. The number of carboxylic acid groups (broad SMARTS) is 1. The molecule has 2 aromatic rings. The molecule has 8 heteroatoms. The topological polar surface area (TPSA) is 111 Å². The summed E-state index contributed by atoms with van der Waals surface area (Å²) in [5, 5.41) is 17.0. The van der Waals surface area contributed by atoms with Crippen molar-refractivity contribution >= 4 is 23.6 Å². The van der Waals surface area contributed by atoms with Crippen LogP contribution in [-0.2, 0) is 4.79 Å². The second-order valence-corrected chi connectivity index (χ2v) is 4.90. The van der Waals surface area contributed by atoms with Crippen molar-refractivity contribution in [3.63, 3.8) is 0 Å². The average Bonchev–Trinajstić information content (AvgIpc) is 2.77. The van der Waals surface area contributed by atoms with Crippen LogP contribution < -0.4 is 5.73 Å². The summed E-state index contributed by atoms with van der Waals surface area (Å²) in [4.78, 5) is 21.8. The van der Waals surface area contributed by atoms with E-state index in [1.165, 1.54) is 0 Å². The standard InChI is InChI=1S/C12H12N4O3S/c1-7-14-15-12(20-6-10(17)18)16(7)9-4-2-3-8(5-9)11(13)19/h2-5H,6H2,1H3,(H2,13,19)(H,17,18). The van der Waals surface area contributed by atoms with Gasteiger partial charge in [0.05, 0.1) is 11.4 Å². The van der Waals surface area contributed by atoms with Gasteiger partial charge in [0, 0.05) is 5.56 Å². The molecule has 104 valence electrons. The van der Waals surface area contributed by atoms with Crippen LogP contribution in [0.4, 0.5) is 0 Å². The molecule has 0 radical (unpaired) electrons. The van der Waals surface area contributed by atoms with Crippen LogP contribution in [-0.4, -0.2) is 37.5 Å². The molecule has 0 aliphatic rings. The first-order valence-electron chi connectivity index (χ1n) is 5.66. The van der Waals surface area contributed by atoms with Crippen LogP contribution in [0.2, 0.25) is 0 Å². The van der Waals surface area contributed by atoms with Gasteiger partial charge in [-0.05, 0) is 25.1 Å². The lowest BCUT2D eigenvalue weighted by Crippen LogP contribution is -2.11. The van der Waals surface area contributed by atoms with Crippen molar-refractivity contribution in [2.45, 2.75) is 12.1 Å². The number of amides is 1. The summed E-state index contributed by atoms with van der Waals surface area (Å²) in [5.41, 5.74) is 6.28. The molecule has 1 aromatic carbocycles. The maximum absolute atomic E-state index is 11.2. The molecule has 7 nitrogen and oxygen atoms in total. The molecular formula is C12H12N4O3S.